The molecule has 0 aliphatic heterocycles. The maximum Gasteiger partial charge on any atom is -0.0254 e. The van der Waals surface area contributed by atoms with Gasteiger partial charge in [0, 0.05) is 0 Å². The van der Waals surface area contributed by atoms with Crippen LogP contribution >= 0.6 is 0 Å². The number of hydrogen-bond donors (Lipinski definition) is 0. The molecule has 0 atom stereocenters. The Kier molecular flexibility index (Phi) is 7.52. The molecular weight excluding hydrogens is 264 g/mol. The molecule has 0 radical (unpaired) electrons. The number of aryl methyl sites for hydroxylation is 1. The molecule has 0 spiro atoms. The zero-order valence-corrected chi connectivity index (χ0v) is 13.8. The fourth-order valence-electron chi connectivity index (χ4n) is 2.72. The summed E-state index contributed by atoms with van der Waals surface area (Å²) >= 11 is 0. The van der Waals surface area contributed by atoms with Gasteiger partial charge in [0.25, 0.3) is 0 Å². The van der Waals surface area contributed by atoms with E-state index in [1.165, 1.54) is 61.6 Å². The lowest BCUT2D eigenvalue weighted by Crippen LogP contribution is -1.87. The third-order valence-electron chi connectivity index (χ3n) is 4.04. The topological polar surface area (TPSA) is 0 Å². The van der Waals surface area contributed by atoms with Crippen molar-refractivity contribution in [2.75, 3.05) is 0 Å². The summed E-state index contributed by atoms with van der Waals surface area (Å²) in [6.07, 6.45) is 13.8. The molecule has 0 aliphatic rings. The average Bonchev–Trinajstić information content (AvgIpc) is 2.57. The predicted octanol–water partition coefficient (Wildman–Crippen LogP) is 6.76. The van der Waals surface area contributed by atoms with Crippen LogP contribution in [0.5, 0.6) is 0 Å². The summed E-state index contributed by atoms with van der Waals surface area (Å²) in [5.74, 6) is 0. The fraction of sp³-hybridized carbons (Fsp3) is 0.364. The third-order valence-corrected chi connectivity index (χ3v) is 4.04. The van der Waals surface area contributed by atoms with Gasteiger partial charge in [-0.2, -0.15) is 0 Å². The van der Waals surface area contributed by atoms with Gasteiger partial charge in [-0.1, -0.05) is 106 Å². The number of unbranched alkanes of at least 4 members (excludes halogenated alkanes) is 5. The van der Waals surface area contributed by atoms with E-state index in [1.54, 1.807) is 0 Å². The maximum absolute atomic E-state index is 2.32. The summed E-state index contributed by atoms with van der Waals surface area (Å²) in [7, 11) is 0. The van der Waals surface area contributed by atoms with Gasteiger partial charge in [0.05, 0.1) is 0 Å². The average molecular weight is 292 g/mol. The Balaban J connectivity index is 1.81. The van der Waals surface area contributed by atoms with E-state index in [2.05, 4.69) is 73.7 Å². The minimum atomic E-state index is 1.21. The molecule has 0 aliphatic carbocycles. The van der Waals surface area contributed by atoms with Gasteiger partial charge in [0.1, 0.15) is 0 Å². The lowest BCUT2D eigenvalue weighted by atomic mass is 10.0. The Morgan fingerprint density at radius 3 is 2.18 bits per heavy atom. The van der Waals surface area contributed by atoms with E-state index in [1.807, 2.05) is 0 Å². The van der Waals surface area contributed by atoms with Crippen LogP contribution in [0, 0.1) is 0 Å². The highest BCUT2D eigenvalue weighted by molar-refractivity contribution is 5.69. The Bertz CT molecular complexity index is 551. The Morgan fingerprint density at radius 2 is 1.36 bits per heavy atom. The standard InChI is InChI=1S/C22H28/c1-2-3-4-5-6-8-14-21-15-11-16-22(19-21)18-17-20-12-9-7-10-13-20/h7,9-13,15-19H,2-6,8,14H2,1H3. The molecule has 0 amide bonds. The fourth-order valence-corrected chi connectivity index (χ4v) is 2.72. The third kappa shape index (κ3) is 6.30. The van der Waals surface area contributed by atoms with E-state index in [9.17, 15) is 0 Å². The van der Waals surface area contributed by atoms with Crippen molar-refractivity contribution in [1.29, 1.82) is 0 Å². The van der Waals surface area contributed by atoms with Gasteiger partial charge in [-0.3, -0.25) is 0 Å². The lowest BCUT2D eigenvalue weighted by molar-refractivity contribution is 0.607. The number of benzene rings is 2. The number of rotatable bonds is 9. The Morgan fingerprint density at radius 1 is 0.682 bits per heavy atom. The molecule has 0 saturated heterocycles. The summed E-state index contributed by atoms with van der Waals surface area (Å²) in [6.45, 7) is 2.27. The molecule has 2 aromatic rings. The smallest absolute Gasteiger partial charge is 0.0254 e. The highest BCUT2D eigenvalue weighted by Crippen LogP contribution is 2.14. The normalized spacial score (nSPS) is 11.1. The van der Waals surface area contributed by atoms with Crippen LogP contribution in [0.4, 0.5) is 0 Å². The van der Waals surface area contributed by atoms with Gasteiger partial charge in [-0.15, -0.1) is 0 Å². The van der Waals surface area contributed by atoms with E-state index in [0.29, 0.717) is 0 Å². The van der Waals surface area contributed by atoms with Crippen LogP contribution in [0.25, 0.3) is 12.2 Å². The van der Waals surface area contributed by atoms with Gasteiger partial charge in [0.2, 0.25) is 0 Å². The predicted molar refractivity (Wildman–Crippen MR) is 98.9 cm³/mol. The quantitative estimate of drug-likeness (QED) is 0.354. The molecule has 0 bridgehead atoms. The molecule has 0 aromatic heterocycles. The SMILES string of the molecule is CCCCCCCCc1cccc(C=Cc2ccccc2)c1. The minimum absolute atomic E-state index is 1.21. The molecule has 0 saturated carbocycles. The molecule has 2 aromatic carbocycles. The first-order chi connectivity index (χ1) is 10.9. The summed E-state index contributed by atoms with van der Waals surface area (Å²) in [5, 5.41) is 0. The van der Waals surface area contributed by atoms with Crippen LogP contribution in [0.3, 0.4) is 0 Å². The second-order valence-corrected chi connectivity index (χ2v) is 6.01. The molecular formula is C22H28. The second-order valence-electron chi connectivity index (χ2n) is 6.01. The van der Waals surface area contributed by atoms with Gasteiger partial charge in [-0.05, 0) is 29.5 Å². The van der Waals surface area contributed by atoms with Crippen molar-refractivity contribution >= 4 is 12.2 Å². The molecule has 0 N–H and O–H groups in total. The molecule has 116 valence electrons. The summed E-state index contributed by atoms with van der Waals surface area (Å²) in [4.78, 5) is 0. The molecule has 0 unspecified atom stereocenters. The summed E-state index contributed by atoms with van der Waals surface area (Å²) in [5.41, 5.74) is 4.02. The van der Waals surface area contributed by atoms with Crippen LogP contribution in [0.15, 0.2) is 54.6 Å². The van der Waals surface area contributed by atoms with E-state index >= 15 is 0 Å². The minimum Gasteiger partial charge on any atom is -0.0654 e. The van der Waals surface area contributed by atoms with Gasteiger partial charge < -0.3 is 0 Å². The van der Waals surface area contributed by atoms with Crippen molar-refractivity contribution in [3.05, 3.63) is 71.3 Å². The molecule has 0 heteroatoms. The van der Waals surface area contributed by atoms with Crippen LogP contribution in [0.2, 0.25) is 0 Å². The van der Waals surface area contributed by atoms with Crippen LogP contribution in [-0.2, 0) is 6.42 Å². The first-order valence-corrected chi connectivity index (χ1v) is 8.70. The Labute approximate surface area is 135 Å². The van der Waals surface area contributed by atoms with E-state index in [0.717, 1.165) is 0 Å². The molecule has 2 rings (SSSR count). The maximum atomic E-state index is 2.32. The van der Waals surface area contributed by atoms with Crippen LogP contribution < -0.4 is 0 Å². The van der Waals surface area contributed by atoms with Crippen molar-refractivity contribution in [2.24, 2.45) is 0 Å². The van der Waals surface area contributed by atoms with Gasteiger partial charge in [-0.25, -0.2) is 0 Å². The van der Waals surface area contributed by atoms with Gasteiger partial charge >= 0.3 is 0 Å². The second kappa shape index (κ2) is 10.00. The Hall–Kier alpha value is -1.82. The van der Waals surface area contributed by atoms with E-state index in [4.69, 9.17) is 0 Å². The first-order valence-electron chi connectivity index (χ1n) is 8.70. The summed E-state index contributed by atoms with van der Waals surface area (Å²) in [6, 6.07) is 19.4. The lowest BCUT2D eigenvalue weighted by Gasteiger charge is -2.03. The van der Waals surface area contributed by atoms with E-state index in [-0.39, 0.29) is 0 Å². The highest BCUT2D eigenvalue weighted by Gasteiger charge is 1.95. The van der Waals surface area contributed by atoms with Crippen molar-refractivity contribution < 1.29 is 0 Å². The van der Waals surface area contributed by atoms with Gasteiger partial charge in [0.15, 0.2) is 0 Å². The van der Waals surface area contributed by atoms with Crippen LogP contribution in [0.1, 0.15) is 62.1 Å². The summed E-state index contributed by atoms with van der Waals surface area (Å²) < 4.78 is 0. The molecule has 0 fully saturated rings. The largest absolute Gasteiger partial charge is 0.0654 e. The highest BCUT2D eigenvalue weighted by atomic mass is 14.0. The van der Waals surface area contributed by atoms with E-state index < -0.39 is 0 Å². The zero-order valence-electron chi connectivity index (χ0n) is 13.8. The molecule has 0 nitrogen and oxygen atoms in total. The van der Waals surface area contributed by atoms with Crippen molar-refractivity contribution in [1.82, 2.24) is 0 Å². The molecule has 0 heterocycles. The number of hydrogen-bond acceptors (Lipinski definition) is 0. The van der Waals surface area contributed by atoms with Crippen LogP contribution in [-0.4, -0.2) is 0 Å². The monoisotopic (exact) mass is 292 g/mol. The van der Waals surface area contributed by atoms with Crippen molar-refractivity contribution in [2.45, 2.75) is 51.9 Å². The van der Waals surface area contributed by atoms with Crippen molar-refractivity contribution in [3.8, 4) is 0 Å². The zero-order chi connectivity index (χ0) is 15.5. The molecule has 22 heavy (non-hydrogen) atoms. The van der Waals surface area contributed by atoms with Crippen molar-refractivity contribution in [3.63, 3.8) is 0 Å². The first kappa shape index (κ1) is 16.5.